The number of rotatable bonds is 5. The van der Waals surface area contributed by atoms with E-state index in [-0.39, 0.29) is 30.3 Å². The van der Waals surface area contributed by atoms with Gasteiger partial charge in [0.05, 0.1) is 24.6 Å². The third kappa shape index (κ3) is 4.48. The number of anilines is 1. The van der Waals surface area contributed by atoms with Gasteiger partial charge in [0.2, 0.25) is 11.8 Å². The lowest BCUT2D eigenvalue weighted by molar-refractivity contribution is -0.128. The van der Waals surface area contributed by atoms with Crippen molar-refractivity contribution >= 4 is 29.9 Å². The molecule has 2 atom stereocenters. The molecule has 0 aliphatic carbocycles. The van der Waals surface area contributed by atoms with Crippen LogP contribution in [0.4, 0.5) is 5.69 Å². The van der Waals surface area contributed by atoms with E-state index in [1.165, 1.54) is 0 Å². The zero-order chi connectivity index (χ0) is 18.7. The van der Waals surface area contributed by atoms with Gasteiger partial charge in [0.25, 0.3) is 0 Å². The number of para-hydroxylation sites is 1. The number of carbonyl (C=O) groups excluding carboxylic acids is 2. The Morgan fingerprint density at radius 1 is 1.37 bits per heavy atom. The molecule has 27 heavy (non-hydrogen) atoms. The van der Waals surface area contributed by atoms with E-state index >= 15 is 0 Å². The van der Waals surface area contributed by atoms with Crippen LogP contribution >= 0.6 is 12.4 Å². The number of likely N-dealkylation sites (N-methyl/N-ethyl adjacent to an activating group) is 1. The quantitative estimate of drug-likeness (QED) is 0.807. The third-order valence-corrected chi connectivity index (χ3v) is 4.93. The van der Waals surface area contributed by atoms with Crippen molar-refractivity contribution < 1.29 is 9.59 Å². The van der Waals surface area contributed by atoms with Crippen molar-refractivity contribution in [3.05, 3.63) is 48.0 Å². The van der Waals surface area contributed by atoms with Gasteiger partial charge in [-0.15, -0.1) is 12.4 Å². The summed E-state index contributed by atoms with van der Waals surface area (Å²) in [5.41, 5.74) is 2.95. The van der Waals surface area contributed by atoms with Crippen LogP contribution in [0.2, 0.25) is 0 Å². The fourth-order valence-electron chi connectivity index (χ4n) is 3.14. The van der Waals surface area contributed by atoms with Crippen molar-refractivity contribution in [2.45, 2.75) is 38.4 Å². The second kappa shape index (κ2) is 9.01. The summed E-state index contributed by atoms with van der Waals surface area (Å²) in [5, 5.41) is 5.81. The van der Waals surface area contributed by atoms with Crippen LogP contribution in [0.3, 0.4) is 0 Å². The molecule has 2 heterocycles. The Kier molecular flexibility index (Phi) is 6.98. The lowest BCUT2D eigenvalue weighted by Gasteiger charge is -2.27. The maximum Gasteiger partial charge on any atom is 0.249 e. The summed E-state index contributed by atoms with van der Waals surface area (Å²) in [4.78, 5) is 31.4. The molecule has 1 aromatic heterocycles. The minimum absolute atomic E-state index is 0. The first-order valence-corrected chi connectivity index (χ1v) is 8.83. The van der Waals surface area contributed by atoms with Crippen molar-refractivity contribution in [2.75, 3.05) is 11.9 Å². The van der Waals surface area contributed by atoms with Crippen molar-refractivity contribution in [3.8, 4) is 0 Å². The highest BCUT2D eigenvalue weighted by molar-refractivity contribution is 6.00. The molecule has 3 rings (SSSR count). The average molecular weight is 392 g/mol. The Morgan fingerprint density at radius 2 is 2.11 bits per heavy atom. The van der Waals surface area contributed by atoms with E-state index in [9.17, 15) is 9.59 Å². The van der Waals surface area contributed by atoms with E-state index in [1.807, 2.05) is 35.9 Å². The number of benzene rings is 1. The molecule has 0 saturated carbocycles. The van der Waals surface area contributed by atoms with Crippen LogP contribution in [-0.2, 0) is 29.6 Å². The number of aryl methyl sites for hydroxylation is 2. The first-order valence-electron chi connectivity index (χ1n) is 8.83. The Bertz CT molecular complexity index is 807. The zero-order valence-electron chi connectivity index (χ0n) is 15.8. The Balaban J connectivity index is 0.00000261. The predicted octanol–water partition coefficient (Wildman–Crippen LogP) is 1.41. The number of imidazole rings is 1. The maximum atomic E-state index is 13.3. The second-order valence-electron chi connectivity index (χ2n) is 6.66. The maximum absolute atomic E-state index is 13.3. The lowest BCUT2D eigenvalue weighted by Crippen LogP contribution is -2.52. The molecule has 0 fully saturated rings. The van der Waals surface area contributed by atoms with Gasteiger partial charge in [-0.1, -0.05) is 18.2 Å². The summed E-state index contributed by atoms with van der Waals surface area (Å²) >= 11 is 0. The van der Waals surface area contributed by atoms with Crippen molar-refractivity contribution in [1.82, 2.24) is 20.2 Å². The number of halogens is 1. The molecule has 1 aliphatic heterocycles. The summed E-state index contributed by atoms with van der Waals surface area (Å²) < 4.78 is 1.90. The standard InChI is InChI=1S/C19H25N5O2.ClH/c1-13(20-2)18(25)22-16-9-8-14-6-4-5-7-17(14)24(19(16)26)11-15-10-21-12-23(15)3;/h4-7,10,12-13,16,20H,8-9,11H2,1-3H3,(H,22,25);1H/t13-,16-;/m0./s1. The lowest BCUT2D eigenvalue weighted by atomic mass is 10.1. The van der Waals surface area contributed by atoms with Gasteiger partial charge in [0.15, 0.2) is 0 Å². The fourth-order valence-corrected chi connectivity index (χ4v) is 3.14. The monoisotopic (exact) mass is 391 g/mol. The van der Waals surface area contributed by atoms with Crippen LogP contribution in [-0.4, -0.2) is 40.5 Å². The number of hydrogen-bond acceptors (Lipinski definition) is 4. The van der Waals surface area contributed by atoms with Crippen molar-refractivity contribution in [1.29, 1.82) is 0 Å². The summed E-state index contributed by atoms with van der Waals surface area (Å²) in [6.45, 7) is 2.19. The van der Waals surface area contributed by atoms with Gasteiger partial charge >= 0.3 is 0 Å². The normalized spacial score (nSPS) is 17.5. The number of carbonyl (C=O) groups is 2. The molecular weight excluding hydrogens is 366 g/mol. The summed E-state index contributed by atoms with van der Waals surface area (Å²) in [7, 11) is 3.63. The Hall–Kier alpha value is -2.38. The molecule has 2 aromatic rings. The zero-order valence-corrected chi connectivity index (χ0v) is 16.6. The minimum atomic E-state index is -0.543. The van der Waals surface area contributed by atoms with Crippen molar-refractivity contribution in [3.63, 3.8) is 0 Å². The fraction of sp³-hybridized carbons (Fsp3) is 0.421. The molecule has 0 saturated heterocycles. The van der Waals surface area contributed by atoms with Gasteiger partial charge < -0.3 is 20.1 Å². The van der Waals surface area contributed by atoms with Crippen LogP contribution < -0.4 is 15.5 Å². The van der Waals surface area contributed by atoms with Gasteiger partial charge in [0.1, 0.15) is 6.04 Å². The van der Waals surface area contributed by atoms with Gasteiger partial charge in [-0.3, -0.25) is 9.59 Å². The van der Waals surface area contributed by atoms with Crippen LogP contribution in [0.25, 0.3) is 0 Å². The van der Waals surface area contributed by atoms with Gasteiger partial charge in [-0.2, -0.15) is 0 Å². The molecule has 1 aliphatic rings. The first kappa shape index (κ1) is 20.9. The summed E-state index contributed by atoms with van der Waals surface area (Å²) in [6, 6.07) is 7.03. The summed E-state index contributed by atoms with van der Waals surface area (Å²) in [5.74, 6) is -0.259. The highest BCUT2D eigenvalue weighted by atomic mass is 35.5. The van der Waals surface area contributed by atoms with E-state index in [4.69, 9.17) is 0 Å². The highest BCUT2D eigenvalue weighted by Crippen LogP contribution is 2.28. The van der Waals surface area contributed by atoms with Crippen molar-refractivity contribution in [2.24, 2.45) is 7.05 Å². The van der Waals surface area contributed by atoms with Gasteiger partial charge in [-0.25, -0.2) is 4.98 Å². The number of aromatic nitrogens is 2. The van der Waals surface area contributed by atoms with Gasteiger partial charge in [0, 0.05) is 18.9 Å². The van der Waals surface area contributed by atoms with E-state index in [2.05, 4.69) is 15.6 Å². The SMILES string of the molecule is CN[C@@H](C)C(=O)N[C@H]1CCc2ccccc2N(Cc2cncn2C)C1=O.Cl. The van der Waals surface area contributed by atoms with Gasteiger partial charge in [-0.05, 0) is 38.4 Å². The Morgan fingerprint density at radius 3 is 2.78 bits per heavy atom. The number of nitrogens with one attached hydrogen (secondary N) is 2. The number of hydrogen-bond donors (Lipinski definition) is 2. The molecule has 146 valence electrons. The van der Waals surface area contributed by atoms with E-state index in [0.29, 0.717) is 13.0 Å². The molecule has 0 unspecified atom stereocenters. The predicted molar refractivity (Wildman–Crippen MR) is 107 cm³/mol. The number of amides is 2. The average Bonchev–Trinajstić information content (AvgIpc) is 3.01. The van der Waals surface area contributed by atoms with Crippen LogP contribution in [0.1, 0.15) is 24.6 Å². The molecule has 8 heteroatoms. The molecular formula is C19H26ClN5O2. The number of nitrogens with zero attached hydrogens (tertiary/aromatic N) is 3. The van der Waals surface area contributed by atoms with Crippen LogP contribution in [0, 0.1) is 0 Å². The van der Waals surface area contributed by atoms with E-state index in [0.717, 1.165) is 23.4 Å². The van der Waals surface area contributed by atoms with Crippen LogP contribution in [0.5, 0.6) is 0 Å². The molecule has 0 bridgehead atoms. The molecule has 1 aromatic carbocycles. The molecule has 7 nitrogen and oxygen atoms in total. The summed E-state index contributed by atoms with van der Waals surface area (Å²) in [6.07, 6.45) is 4.80. The van der Waals surface area contributed by atoms with Crippen LogP contribution in [0.15, 0.2) is 36.8 Å². The smallest absolute Gasteiger partial charge is 0.249 e. The Labute approximate surface area is 165 Å². The molecule has 0 spiro atoms. The molecule has 0 radical (unpaired) electrons. The first-order chi connectivity index (χ1) is 12.5. The molecule has 2 N–H and O–H groups in total. The topological polar surface area (TPSA) is 79.3 Å². The van der Waals surface area contributed by atoms with E-state index in [1.54, 1.807) is 31.4 Å². The minimum Gasteiger partial charge on any atom is -0.343 e. The highest BCUT2D eigenvalue weighted by Gasteiger charge is 2.32. The van der Waals surface area contributed by atoms with E-state index < -0.39 is 6.04 Å². The number of fused-ring (bicyclic) bond motifs is 1. The largest absolute Gasteiger partial charge is 0.343 e. The third-order valence-electron chi connectivity index (χ3n) is 4.93. The second-order valence-corrected chi connectivity index (χ2v) is 6.66. The molecule has 2 amide bonds.